The van der Waals surface area contributed by atoms with Gasteiger partial charge in [0.25, 0.3) is 0 Å². The van der Waals surface area contributed by atoms with Crippen molar-refractivity contribution in [2.45, 2.75) is 0 Å². The molecule has 0 aliphatic carbocycles. The molecule has 0 aliphatic rings. The zero-order valence-corrected chi connectivity index (χ0v) is 27.6. The highest BCUT2D eigenvalue weighted by molar-refractivity contribution is 6.24. The first-order valence-corrected chi connectivity index (χ1v) is 17.6. The Kier molecular flexibility index (Phi) is 5.23. The SMILES string of the molecule is c1ccc(-n2c3ccccc3c3cc(-c4cccc5c6ccccc6n(-c6ccc7c(c6)c6cccc8c9ccccc9n7c86)c45)ccc32)cc1. The van der Waals surface area contributed by atoms with Crippen LogP contribution in [-0.4, -0.2) is 13.5 Å². The molecule has 3 heteroatoms. The van der Waals surface area contributed by atoms with Crippen LogP contribution in [0.15, 0.2) is 176 Å². The molecule has 0 aliphatic heterocycles. The molecule has 4 aromatic heterocycles. The van der Waals surface area contributed by atoms with E-state index in [1.54, 1.807) is 0 Å². The van der Waals surface area contributed by atoms with Crippen molar-refractivity contribution in [3.63, 3.8) is 0 Å². The summed E-state index contributed by atoms with van der Waals surface area (Å²) in [6.45, 7) is 0. The zero-order chi connectivity index (χ0) is 33.2. The fraction of sp³-hybridized carbons (Fsp3) is 0. The summed E-state index contributed by atoms with van der Waals surface area (Å²) in [4.78, 5) is 0. The van der Waals surface area contributed by atoms with Crippen LogP contribution in [0, 0.1) is 0 Å². The standard InChI is InChI=1S/C48H29N3/c1-2-12-31(13-3-1)49-42-21-7-6-16-36(42)40-28-30(24-26-45(40)49)33-17-10-18-37-34-14-4-8-22-43(34)50(47(33)37)32-25-27-46-41(29-32)39-20-11-19-38-35-15-5-9-23-44(35)51(46)48(38)39/h1-29H. The van der Waals surface area contributed by atoms with E-state index in [1.807, 2.05) is 0 Å². The van der Waals surface area contributed by atoms with E-state index in [2.05, 4.69) is 189 Å². The van der Waals surface area contributed by atoms with Crippen molar-refractivity contribution in [1.82, 2.24) is 13.5 Å². The average molecular weight is 648 g/mol. The molecule has 0 fully saturated rings. The minimum atomic E-state index is 1.17. The van der Waals surface area contributed by atoms with Gasteiger partial charge in [-0.1, -0.05) is 115 Å². The van der Waals surface area contributed by atoms with Gasteiger partial charge in [0, 0.05) is 60.0 Å². The lowest BCUT2D eigenvalue weighted by Crippen LogP contribution is -1.96. The Labute approximate surface area is 292 Å². The molecule has 4 heterocycles. The third-order valence-corrected chi connectivity index (χ3v) is 11.2. The van der Waals surface area contributed by atoms with E-state index in [9.17, 15) is 0 Å². The lowest BCUT2D eigenvalue weighted by molar-refractivity contribution is 1.18. The Morgan fingerprint density at radius 2 is 0.784 bits per heavy atom. The van der Waals surface area contributed by atoms with Gasteiger partial charge in [0.1, 0.15) is 0 Å². The molecular weight excluding hydrogens is 619 g/mol. The number of hydrogen-bond acceptors (Lipinski definition) is 0. The van der Waals surface area contributed by atoms with Gasteiger partial charge in [-0.25, -0.2) is 0 Å². The van der Waals surface area contributed by atoms with Gasteiger partial charge in [0.2, 0.25) is 0 Å². The van der Waals surface area contributed by atoms with Gasteiger partial charge in [-0.15, -0.1) is 0 Å². The maximum absolute atomic E-state index is 2.49. The molecule has 0 amide bonds. The molecule has 0 atom stereocenters. The van der Waals surface area contributed by atoms with Crippen molar-refractivity contribution in [2.24, 2.45) is 0 Å². The quantitative estimate of drug-likeness (QED) is 0.181. The van der Waals surface area contributed by atoms with Crippen LogP contribution in [0.25, 0.3) is 104 Å². The molecule has 0 N–H and O–H groups in total. The van der Waals surface area contributed by atoms with E-state index in [1.165, 1.54) is 104 Å². The zero-order valence-electron chi connectivity index (χ0n) is 27.6. The van der Waals surface area contributed by atoms with E-state index < -0.39 is 0 Å². The summed E-state index contributed by atoms with van der Waals surface area (Å²) in [6, 6.07) is 64.7. The van der Waals surface area contributed by atoms with E-state index in [0.29, 0.717) is 0 Å². The molecule has 51 heavy (non-hydrogen) atoms. The number of fused-ring (bicyclic) bond motifs is 12. The summed E-state index contributed by atoms with van der Waals surface area (Å²) >= 11 is 0. The highest BCUT2D eigenvalue weighted by Crippen LogP contribution is 2.43. The van der Waals surface area contributed by atoms with Crippen LogP contribution < -0.4 is 0 Å². The predicted molar refractivity (Wildman–Crippen MR) is 215 cm³/mol. The normalized spacial score (nSPS) is 12.3. The van der Waals surface area contributed by atoms with Gasteiger partial charge in [0.05, 0.1) is 38.6 Å². The summed E-state index contributed by atoms with van der Waals surface area (Å²) in [5, 5.41) is 10.2. The molecule has 8 aromatic carbocycles. The summed E-state index contributed by atoms with van der Waals surface area (Å²) in [5.74, 6) is 0. The summed E-state index contributed by atoms with van der Waals surface area (Å²) in [5.41, 5.74) is 13.4. The minimum absolute atomic E-state index is 1.17. The molecule has 0 saturated carbocycles. The number of para-hydroxylation sites is 6. The number of nitrogens with zero attached hydrogens (tertiary/aromatic N) is 3. The number of aromatic nitrogens is 3. The Morgan fingerprint density at radius 1 is 0.275 bits per heavy atom. The van der Waals surface area contributed by atoms with Gasteiger partial charge in [0.15, 0.2) is 0 Å². The highest BCUT2D eigenvalue weighted by atomic mass is 15.0. The highest BCUT2D eigenvalue weighted by Gasteiger charge is 2.21. The molecule has 0 spiro atoms. The lowest BCUT2D eigenvalue weighted by atomic mass is 9.99. The van der Waals surface area contributed by atoms with Crippen LogP contribution in [-0.2, 0) is 0 Å². The second-order valence-electron chi connectivity index (χ2n) is 13.7. The molecule has 0 saturated heterocycles. The van der Waals surface area contributed by atoms with Gasteiger partial charge in [-0.05, 0) is 66.2 Å². The molecule has 12 aromatic rings. The molecule has 3 nitrogen and oxygen atoms in total. The second-order valence-corrected chi connectivity index (χ2v) is 13.7. The lowest BCUT2D eigenvalue weighted by Gasteiger charge is -2.13. The average Bonchev–Trinajstić information content (AvgIpc) is 3.92. The van der Waals surface area contributed by atoms with Crippen LogP contribution in [0.5, 0.6) is 0 Å². The Hall–Kier alpha value is -6.84. The summed E-state index contributed by atoms with van der Waals surface area (Å²) in [6.07, 6.45) is 0. The molecule has 0 unspecified atom stereocenters. The van der Waals surface area contributed by atoms with Crippen molar-refractivity contribution >= 4 is 81.7 Å². The third-order valence-electron chi connectivity index (χ3n) is 11.2. The van der Waals surface area contributed by atoms with Crippen molar-refractivity contribution in [3.8, 4) is 22.5 Å². The maximum Gasteiger partial charge on any atom is 0.0620 e. The fourth-order valence-corrected chi connectivity index (χ4v) is 9.08. The van der Waals surface area contributed by atoms with E-state index in [4.69, 9.17) is 0 Å². The third kappa shape index (κ3) is 3.52. The van der Waals surface area contributed by atoms with Crippen LogP contribution in [0.3, 0.4) is 0 Å². The molecule has 12 rings (SSSR count). The van der Waals surface area contributed by atoms with Crippen molar-refractivity contribution in [3.05, 3.63) is 176 Å². The van der Waals surface area contributed by atoms with Crippen molar-refractivity contribution < 1.29 is 0 Å². The molecular formula is C48H29N3. The van der Waals surface area contributed by atoms with E-state index in [0.717, 1.165) is 0 Å². The molecule has 236 valence electrons. The molecule has 0 bridgehead atoms. The second kappa shape index (κ2) is 9.87. The number of hydrogen-bond donors (Lipinski definition) is 0. The number of rotatable bonds is 3. The monoisotopic (exact) mass is 647 g/mol. The van der Waals surface area contributed by atoms with Gasteiger partial charge in [-0.2, -0.15) is 0 Å². The van der Waals surface area contributed by atoms with E-state index >= 15 is 0 Å². The van der Waals surface area contributed by atoms with Crippen molar-refractivity contribution in [1.29, 1.82) is 0 Å². The first-order chi connectivity index (χ1) is 25.3. The van der Waals surface area contributed by atoms with Gasteiger partial charge < -0.3 is 13.5 Å². The van der Waals surface area contributed by atoms with Crippen LogP contribution >= 0.6 is 0 Å². The minimum Gasteiger partial charge on any atom is -0.309 e. The Bertz CT molecular complexity index is 3360. The Balaban J connectivity index is 1.15. The van der Waals surface area contributed by atoms with Crippen molar-refractivity contribution in [2.75, 3.05) is 0 Å². The first kappa shape index (κ1) is 27.0. The summed E-state index contributed by atoms with van der Waals surface area (Å²) < 4.78 is 7.33. The van der Waals surface area contributed by atoms with Crippen LogP contribution in [0.4, 0.5) is 0 Å². The number of benzene rings is 8. The fourth-order valence-electron chi connectivity index (χ4n) is 9.08. The van der Waals surface area contributed by atoms with E-state index in [-0.39, 0.29) is 0 Å². The summed E-state index contributed by atoms with van der Waals surface area (Å²) in [7, 11) is 0. The Morgan fingerprint density at radius 3 is 1.57 bits per heavy atom. The van der Waals surface area contributed by atoms with Gasteiger partial charge in [-0.3, -0.25) is 0 Å². The maximum atomic E-state index is 2.49. The topological polar surface area (TPSA) is 14.3 Å². The molecule has 0 radical (unpaired) electrons. The first-order valence-electron chi connectivity index (χ1n) is 17.6. The van der Waals surface area contributed by atoms with Crippen LogP contribution in [0.2, 0.25) is 0 Å². The largest absolute Gasteiger partial charge is 0.309 e. The van der Waals surface area contributed by atoms with Gasteiger partial charge >= 0.3 is 0 Å². The van der Waals surface area contributed by atoms with Crippen LogP contribution in [0.1, 0.15) is 0 Å². The smallest absolute Gasteiger partial charge is 0.0620 e. The predicted octanol–water partition coefficient (Wildman–Crippen LogP) is 12.7.